The summed E-state index contributed by atoms with van der Waals surface area (Å²) in [5.41, 5.74) is 0. The predicted octanol–water partition coefficient (Wildman–Crippen LogP) is 2.65. The van der Waals surface area contributed by atoms with Gasteiger partial charge in [-0.2, -0.15) is 0 Å². The van der Waals surface area contributed by atoms with E-state index in [9.17, 15) is 0 Å². The third-order valence-corrected chi connectivity index (χ3v) is 1.48. The monoisotopic (exact) mass is 178 g/mol. The lowest BCUT2D eigenvalue weighted by Crippen LogP contribution is -1.94. The molecule has 0 fully saturated rings. The van der Waals surface area contributed by atoms with Gasteiger partial charge in [0.1, 0.15) is 18.1 Å². The van der Waals surface area contributed by atoms with Crippen molar-refractivity contribution in [1.29, 1.82) is 0 Å². The first-order valence-corrected chi connectivity index (χ1v) is 4.33. The predicted molar refractivity (Wildman–Crippen MR) is 53.3 cm³/mol. The summed E-state index contributed by atoms with van der Waals surface area (Å²) in [6.07, 6.45) is 1.72. The number of hydrogen-bond donors (Lipinski definition) is 0. The van der Waals surface area contributed by atoms with Crippen molar-refractivity contribution in [3.05, 3.63) is 36.9 Å². The minimum Gasteiger partial charge on any atom is -0.494 e. The standard InChI is InChI=1S/C11H14O2/c1-3-8-13-11-7-5-6-10(9-11)12-4-2/h3,5-7,9H,1,4,8H2,2H3. The normalized spacial score (nSPS) is 9.31. The molecule has 0 radical (unpaired) electrons. The van der Waals surface area contributed by atoms with Crippen LogP contribution < -0.4 is 9.47 Å². The maximum atomic E-state index is 5.34. The van der Waals surface area contributed by atoms with Crippen LogP contribution in [0.3, 0.4) is 0 Å². The molecule has 0 bridgehead atoms. The Labute approximate surface area is 78.8 Å². The van der Waals surface area contributed by atoms with E-state index in [1.54, 1.807) is 6.08 Å². The van der Waals surface area contributed by atoms with Crippen LogP contribution in [0.4, 0.5) is 0 Å². The fraction of sp³-hybridized carbons (Fsp3) is 0.273. The van der Waals surface area contributed by atoms with Gasteiger partial charge in [-0.15, -0.1) is 0 Å². The fourth-order valence-corrected chi connectivity index (χ4v) is 0.976. The molecule has 1 aromatic rings. The van der Waals surface area contributed by atoms with E-state index < -0.39 is 0 Å². The van der Waals surface area contributed by atoms with Gasteiger partial charge in [-0.1, -0.05) is 18.7 Å². The van der Waals surface area contributed by atoms with Crippen molar-refractivity contribution in [1.82, 2.24) is 0 Å². The van der Waals surface area contributed by atoms with Crippen LogP contribution in [-0.4, -0.2) is 13.2 Å². The van der Waals surface area contributed by atoms with Gasteiger partial charge in [-0.05, 0) is 19.1 Å². The topological polar surface area (TPSA) is 18.5 Å². The first kappa shape index (κ1) is 9.65. The van der Waals surface area contributed by atoms with Gasteiger partial charge in [0.25, 0.3) is 0 Å². The molecule has 0 aliphatic rings. The average Bonchev–Trinajstić information content (AvgIpc) is 2.16. The van der Waals surface area contributed by atoms with Crippen LogP contribution >= 0.6 is 0 Å². The minimum atomic E-state index is 0.523. The van der Waals surface area contributed by atoms with Crippen molar-refractivity contribution >= 4 is 0 Å². The lowest BCUT2D eigenvalue weighted by Gasteiger charge is -2.06. The second kappa shape index (κ2) is 5.25. The second-order valence-electron chi connectivity index (χ2n) is 2.51. The van der Waals surface area contributed by atoms with Crippen molar-refractivity contribution in [2.45, 2.75) is 6.92 Å². The van der Waals surface area contributed by atoms with Gasteiger partial charge in [-0.25, -0.2) is 0 Å². The molecule has 1 rings (SSSR count). The molecule has 2 heteroatoms. The van der Waals surface area contributed by atoms with Crippen molar-refractivity contribution in [3.8, 4) is 11.5 Å². The fourth-order valence-electron chi connectivity index (χ4n) is 0.976. The third kappa shape index (κ3) is 3.20. The zero-order chi connectivity index (χ0) is 9.52. The maximum absolute atomic E-state index is 5.34. The highest BCUT2D eigenvalue weighted by molar-refractivity contribution is 5.32. The number of ether oxygens (including phenoxy) is 2. The number of benzene rings is 1. The Morgan fingerprint density at radius 2 is 2.00 bits per heavy atom. The molecule has 0 heterocycles. The molecule has 0 aliphatic heterocycles. The van der Waals surface area contributed by atoms with Crippen LogP contribution in [0, 0.1) is 0 Å². The molecule has 1 aromatic carbocycles. The molecule has 70 valence electrons. The van der Waals surface area contributed by atoms with Crippen LogP contribution in [0.5, 0.6) is 11.5 Å². The lowest BCUT2D eigenvalue weighted by atomic mass is 10.3. The highest BCUT2D eigenvalue weighted by Crippen LogP contribution is 2.19. The van der Waals surface area contributed by atoms with Crippen molar-refractivity contribution < 1.29 is 9.47 Å². The summed E-state index contributed by atoms with van der Waals surface area (Å²) in [4.78, 5) is 0. The Morgan fingerprint density at radius 1 is 1.31 bits per heavy atom. The van der Waals surface area contributed by atoms with Crippen LogP contribution in [0.25, 0.3) is 0 Å². The van der Waals surface area contributed by atoms with E-state index in [1.165, 1.54) is 0 Å². The molecule has 0 unspecified atom stereocenters. The summed E-state index contributed by atoms with van der Waals surface area (Å²) in [5, 5.41) is 0. The molecule has 13 heavy (non-hydrogen) atoms. The molecular weight excluding hydrogens is 164 g/mol. The Morgan fingerprint density at radius 3 is 2.62 bits per heavy atom. The van der Waals surface area contributed by atoms with Crippen LogP contribution in [-0.2, 0) is 0 Å². The van der Waals surface area contributed by atoms with Crippen molar-refractivity contribution in [2.75, 3.05) is 13.2 Å². The van der Waals surface area contributed by atoms with E-state index in [1.807, 2.05) is 31.2 Å². The van der Waals surface area contributed by atoms with E-state index in [0.717, 1.165) is 11.5 Å². The Bertz CT molecular complexity index is 269. The summed E-state index contributed by atoms with van der Waals surface area (Å²) in [6.45, 7) is 6.73. The van der Waals surface area contributed by atoms with E-state index in [-0.39, 0.29) is 0 Å². The van der Waals surface area contributed by atoms with E-state index in [4.69, 9.17) is 9.47 Å². The first-order valence-electron chi connectivity index (χ1n) is 4.33. The number of rotatable bonds is 5. The van der Waals surface area contributed by atoms with E-state index in [0.29, 0.717) is 13.2 Å². The third-order valence-electron chi connectivity index (χ3n) is 1.48. The molecule has 0 saturated heterocycles. The quantitative estimate of drug-likeness (QED) is 0.645. The summed E-state index contributed by atoms with van der Waals surface area (Å²) in [6, 6.07) is 7.58. The average molecular weight is 178 g/mol. The molecule has 0 amide bonds. The van der Waals surface area contributed by atoms with Crippen LogP contribution in [0.2, 0.25) is 0 Å². The Hall–Kier alpha value is -1.44. The highest BCUT2D eigenvalue weighted by atomic mass is 16.5. The largest absolute Gasteiger partial charge is 0.494 e. The molecule has 0 aromatic heterocycles. The molecule has 0 aliphatic carbocycles. The molecule has 0 saturated carbocycles. The number of hydrogen-bond acceptors (Lipinski definition) is 2. The summed E-state index contributed by atoms with van der Waals surface area (Å²) in [5.74, 6) is 1.65. The van der Waals surface area contributed by atoms with Crippen molar-refractivity contribution in [2.24, 2.45) is 0 Å². The lowest BCUT2D eigenvalue weighted by molar-refractivity contribution is 0.331. The molecule has 2 nitrogen and oxygen atoms in total. The Kier molecular flexibility index (Phi) is 3.89. The van der Waals surface area contributed by atoms with Gasteiger partial charge in [0.2, 0.25) is 0 Å². The summed E-state index contributed by atoms with van der Waals surface area (Å²) in [7, 11) is 0. The van der Waals surface area contributed by atoms with Gasteiger partial charge < -0.3 is 9.47 Å². The maximum Gasteiger partial charge on any atom is 0.123 e. The molecular formula is C11H14O2. The van der Waals surface area contributed by atoms with E-state index >= 15 is 0 Å². The highest BCUT2D eigenvalue weighted by Gasteiger charge is 1.95. The smallest absolute Gasteiger partial charge is 0.123 e. The van der Waals surface area contributed by atoms with Crippen molar-refractivity contribution in [3.63, 3.8) is 0 Å². The molecule has 0 atom stereocenters. The van der Waals surface area contributed by atoms with Gasteiger partial charge in [0.15, 0.2) is 0 Å². The zero-order valence-corrected chi connectivity index (χ0v) is 7.82. The summed E-state index contributed by atoms with van der Waals surface area (Å²) < 4.78 is 10.7. The van der Waals surface area contributed by atoms with E-state index in [2.05, 4.69) is 6.58 Å². The molecule has 0 N–H and O–H groups in total. The SMILES string of the molecule is C=CCOc1cccc(OCC)c1. The van der Waals surface area contributed by atoms with Gasteiger partial charge in [0.05, 0.1) is 6.61 Å². The van der Waals surface area contributed by atoms with Gasteiger partial charge in [0, 0.05) is 6.07 Å². The van der Waals surface area contributed by atoms with Crippen LogP contribution in [0.15, 0.2) is 36.9 Å². The minimum absolute atomic E-state index is 0.523. The molecule has 0 spiro atoms. The second-order valence-corrected chi connectivity index (χ2v) is 2.51. The van der Waals surface area contributed by atoms with Crippen LogP contribution in [0.1, 0.15) is 6.92 Å². The first-order chi connectivity index (χ1) is 6.36. The van der Waals surface area contributed by atoms with Gasteiger partial charge in [-0.3, -0.25) is 0 Å². The zero-order valence-electron chi connectivity index (χ0n) is 7.82. The van der Waals surface area contributed by atoms with Gasteiger partial charge >= 0.3 is 0 Å². The Balaban J connectivity index is 2.61. The summed E-state index contributed by atoms with van der Waals surface area (Å²) >= 11 is 0.